The predicted octanol–water partition coefficient (Wildman–Crippen LogP) is 0.931. The van der Waals surface area contributed by atoms with Crippen LogP contribution in [-0.2, 0) is 18.4 Å². The molecular formula is C14H16F3N5O2. The Morgan fingerprint density at radius 2 is 2.17 bits per heavy atom. The van der Waals surface area contributed by atoms with Crippen LogP contribution in [-0.4, -0.2) is 49.4 Å². The third-order valence-corrected chi connectivity index (χ3v) is 4.26. The number of amides is 1. The molecule has 1 atom stereocenters. The molecule has 0 N–H and O–H groups in total. The Bertz CT molecular complexity index is 826. The van der Waals surface area contributed by atoms with Crippen LogP contribution in [0.25, 0.3) is 11.0 Å². The van der Waals surface area contributed by atoms with Crippen molar-refractivity contribution in [3.63, 3.8) is 0 Å². The first-order chi connectivity index (χ1) is 11.3. The van der Waals surface area contributed by atoms with Crippen LogP contribution >= 0.6 is 0 Å². The molecule has 0 saturated carbocycles. The number of nitrogens with zero attached hydrogens (tertiary/aromatic N) is 5. The Balaban J connectivity index is 1.77. The summed E-state index contributed by atoms with van der Waals surface area (Å²) in [6.45, 7) is -0.427. The zero-order valence-corrected chi connectivity index (χ0v) is 13.0. The number of alkyl halides is 3. The molecule has 1 aliphatic heterocycles. The molecule has 2 aromatic heterocycles. The highest BCUT2D eigenvalue weighted by Crippen LogP contribution is 2.33. The first-order valence-electron chi connectivity index (χ1n) is 7.49. The molecule has 130 valence electrons. The summed E-state index contributed by atoms with van der Waals surface area (Å²) in [7, 11) is 1.63. The lowest BCUT2D eigenvalue weighted by Crippen LogP contribution is -2.46. The van der Waals surface area contributed by atoms with Crippen LogP contribution in [0.4, 0.5) is 13.2 Å². The summed E-state index contributed by atoms with van der Waals surface area (Å²) in [5, 5.41) is 4.19. The number of piperidine rings is 1. The average Bonchev–Trinajstić information content (AvgIpc) is 2.91. The fourth-order valence-corrected chi connectivity index (χ4v) is 2.90. The summed E-state index contributed by atoms with van der Waals surface area (Å²) in [5.74, 6) is -2.03. The van der Waals surface area contributed by atoms with Crippen LogP contribution in [0.5, 0.6) is 0 Å². The van der Waals surface area contributed by atoms with Crippen LogP contribution in [0.15, 0.2) is 17.3 Å². The minimum atomic E-state index is -4.31. The molecule has 0 radical (unpaired) electrons. The van der Waals surface area contributed by atoms with Crippen molar-refractivity contribution < 1.29 is 18.0 Å². The molecule has 1 fully saturated rings. The first-order valence-corrected chi connectivity index (χ1v) is 7.49. The first kappa shape index (κ1) is 16.5. The second-order valence-electron chi connectivity index (χ2n) is 5.90. The van der Waals surface area contributed by atoms with E-state index in [1.807, 2.05) is 0 Å². The van der Waals surface area contributed by atoms with Gasteiger partial charge in [-0.1, -0.05) is 0 Å². The van der Waals surface area contributed by atoms with Gasteiger partial charge in [0.05, 0.1) is 12.1 Å². The molecule has 10 heteroatoms. The van der Waals surface area contributed by atoms with E-state index in [1.54, 1.807) is 7.05 Å². The van der Waals surface area contributed by atoms with E-state index in [2.05, 4.69) is 10.1 Å². The smallest absolute Gasteiger partial charge is 0.341 e. The highest BCUT2D eigenvalue weighted by Gasteiger charge is 2.42. The normalized spacial score (nSPS) is 19.0. The lowest BCUT2D eigenvalue weighted by atomic mass is 9.97. The number of halogens is 3. The lowest BCUT2D eigenvalue weighted by Gasteiger charge is -2.33. The van der Waals surface area contributed by atoms with Crippen molar-refractivity contribution in [2.75, 3.05) is 13.1 Å². The Kier molecular flexibility index (Phi) is 4.06. The van der Waals surface area contributed by atoms with Crippen molar-refractivity contribution in [1.29, 1.82) is 0 Å². The maximum atomic E-state index is 12.8. The van der Waals surface area contributed by atoms with Gasteiger partial charge in [-0.25, -0.2) is 4.98 Å². The molecule has 0 aromatic carbocycles. The number of fused-ring (bicyclic) bond motifs is 1. The summed E-state index contributed by atoms with van der Waals surface area (Å²) < 4.78 is 41.0. The summed E-state index contributed by atoms with van der Waals surface area (Å²) in [5.41, 5.74) is -0.0513. The zero-order chi connectivity index (χ0) is 17.5. The average molecular weight is 343 g/mol. The Hall–Kier alpha value is -2.39. The number of likely N-dealkylation sites (tertiary alicyclic amines) is 1. The summed E-state index contributed by atoms with van der Waals surface area (Å²) >= 11 is 0. The fraction of sp³-hybridized carbons (Fsp3) is 0.571. The van der Waals surface area contributed by atoms with E-state index in [0.29, 0.717) is 12.1 Å². The van der Waals surface area contributed by atoms with Crippen LogP contribution in [0.3, 0.4) is 0 Å². The second-order valence-corrected chi connectivity index (χ2v) is 5.90. The number of aromatic nitrogens is 4. The second kappa shape index (κ2) is 5.91. The molecule has 1 unspecified atom stereocenters. The lowest BCUT2D eigenvalue weighted by molar-refractivity contribution is -0.188. The molecule has 1 saturated heterocycles. The van der Waals surface area contributed by atoms with Crippen LogP contribution in [0.1, 0.15) is 12.8 Å². The van der Waals surface area contributed by atoms with Crippen molar-refractivity contribution in [3.8, 4) is 0 Å². The van der Waals surface area contributed by atoms with Crippen molar-refractivity contribution in [1.82, 2.24) is 24.2 Å². The summed E-state index contributed by atoms with van der Waals surface area (Å²) in [4.78, 5) is 29.8. The van der Waals surface area contributed by atoms with Crippen molar-refractivity contribution in [2.24, 2.45) is 13.0 Å². The number of aryl methyl sites for hydroxylation is 1. The molecule has 0 spiro atoms. The number of carbonyl (C=O) groups excluding carboxylic acids is 1. The molecule has 24 heavy (non-hydrogen) atoms. The molecule has 2 aromatic rings. The number of hydrogen-bond donors (Lipinski definition) is 0. The van der Waals surface area contributed by atoms with Crippen LogP contribution in [0, 0.1) is 5.92 Å². The fourth-order valence-electron chi connectivity index (χ4n) is 2.90. The molecule has 3 rings (SSSR count). The highest BCUT2D eigenvalue weighted by molar-refractivity contribution is 5.77. The predicted molar refractivity (Wildman–Crippen MR) is 78.1 cm³/mol. The van der Waals surface area contributed by atoms with Gasteiger partial charge in [0.1, 0.15) is 18.3 Å². The van der Waals surface area contributed by atoms with E-state index in [-0.39, 0.29) is 31.4 Å². The van der Waals surface area contributed by atoms with Gasteiger partial charge in [-0.2, -0.15) is 18.3 Å². The standard InChI is InChI=1S/C14H16F3N5O2/c1-20-12-10(5-19-20)13(24)22(8-18-12)7-11(23)21-4-2-3-9(6-21)14(15,16)17/h5,8-9H,2-4,6-7H2,1H3. The topological polar surface area (TPSA) is 73.0 Å². The van der Waals surface area contributed by atoms with Gasteiger partial charge in [-0.15, -0.1) is 0 Å². The third-order valence-electron chi connectivity index (χ3n) is 4.26. The van der Waals surface area contributed by atoms with E-state index in [9.17, 15) is 22.8 Å². The van der Waals surface area contributed by atoms with E-state index in [4.69, 9.17) is 0 Å². The van der Waals surface area contributed by atoms with Gasteiger partial charge < -0.3 is 4.90 Å². The van der Waals surface area contributed by atoms with E-state index in [0.717, 1.165) is 4.57 Å². The monoisotopic (exact) mass is 343 g/mol. The SMILES string of the molecule is Cn1ncc2c(=O)n(CC(=O)N3CCCC(C(F)(F)F)C3)cnc21. The molecule has 7 nitrogen and oxygen atoms in total. The van der Waals surface area contributed by atoms with Gasteiger partial charge in [0, 0.05) is 20.1 Å². The Labute approximate surface area is 134 Å². The summed E-state index contributed by atoms with van der Waals surface area (Å²) in [6, 6.07) is 0. The van der Waals surface area contributed by atoms with Crippen molar-refractivity contribution in [3.05, 3.63) is 22.9 Å². The summed E-state index contributed by atoms with van der Waals surface area (Å²) in [6.07, 6.45) is -1.42. The molecular weight excluding hydrogens is 327 g/mol. The van der Waals surface area contributed by atoms with Gasteiger partial charge in [-0.05, 0) is 12.8 Å². The molecule has 1 amide bonds. The zero-order valence-electron chi connectivity index (χ0n) is 13.0. The largest absolute Gasteiger partial charge is 0.393 e. The van der Waals surface area contributed by atoms with Crippen molar-refractivity contribution >= 4 is 16.9 Å². The van der Waals surface area contributed by atoms with Gasteiger partial charge in [-0.3, -0.25) is 18.8 Å². The van der Waals surface area contributed by atoms with Crippen LogP contribution in [0.2, 0.25) is 0 Å². The van der Waals surface area contributed by atoms with Gasteiger partial charge >= 0.3 is 6.18 Å². The quantitative estimate of drug-likeness (QED) is 0.813. The molecule has 1 aliphatic rings. The van der Waals surface area contributed by atoms with Gasteiger partial charge in [0.2, 0.25) is 5.91 Å². The molecule has 0 bridgehead atoms. The minimum Gasteiger partial charge on any atom is -0.341 e. The third kappa shape index (κ3) is 3.00. The van der Waals surface area contributed by atoms with Crippen molar-refractivity contribution in [2.45, 2.75) is 25.6 Å². The maximum Gasteiger partial charge on any atom is 0.393 e. The molecule has 0 aliphatic carbocycles. The maximum absolute atomic E-state index is 12.8. The van der Waals surface area contributed by atoms with E-state index in [1.165, 1.54) is 22.1 Å². The Morgan fingerprint density at radius 3 is 2.88 bits per heavy atom. The highest BCUT2D eigenvalue weighted by atomic mass is 19.4. The van der Waals surface area contributed by atoms with E-state index >= 15 is 0 Å². The number of hydrogen-bond acceptors (Lipinski definition) is 4. The molecule has 3 heterocycles. The number of rotatable bonds is 2. The number of carbonyl (C=O) groups is 1. The van der Waals surface area contributed by atoms with Gasteiger partial charge in [0.15, 0.2) is 5.65 Å². The van der Waals surface area contributed by atoms with Gasteiger partial charge in [0.25, 0.3) is 5.56 Å². The van der Waals surface area contributed by atoms with E-state index < -0.39 is 23.6 Å². The Morgan fingerprint density at radius 1 is 1.42 bits per heavy atom. The minimum absolute atomic E-state index is 0.0242. The van der Waals surface area contributed by atoms with Crippen LogP contribution < -0.4 is 5.56 Å².